The van der Waals surface area contributed by atoms with Gasteiger partial charge in [0.05, 0.1) is 6.54 Å². The number of rotatable bonds is 4. The number of benzene rings is 1. The number of likely N-dealkylation sites (N-methyl/N-ethyl adjacent to an activating group) is 1. The van der Waals surface area contributed by atoms with Crippen molar-refractivity contribution in [3.8, 4) is 0 Å². The SMILES string of the molecule is CN(C)C1CCCN(C(=O)CNc2ccccc2)C1.Cl.Cl. The smallest absolute Gasteiger partial charge is 0.241 e. The molecule has 0 bridgehead atoms. The molecule has 1 heterocycles. The number of hydrogen-bond acceptors (Lipinski definition) is 3. The highest BCUT2D eigenvalue weighted by Gasteiger charge is 2.24. The van der Waals surface area contributed by atoms with E-state index in [0.717, 1.165) is 25.2 Å². The van der Waals surface area contributed by atoms with Gasteiger partial charge in [-0.2, -0.15) is 0 Å². The average Bonchev–Trinajstić information content (AvgIpc) is 2.46. The first-order valence-electron chi connectivity index (χ1n) is 6.90. The molecule has 0 saturated carbocycles. The van der Waals surface area contributed by atoms with Crippen LogP contribution in [-0.4, -0.2) is 55.5 Å². The molecule has 6 heteroatoms. The fourth-order valence-electron chi connectivity index (χ4n) is 2.45. The molecule has 0 spiro atoms. The molecule has 0 aromatic heterocycles. The van der Waals surface area contributed by atoms with Gasteiger partial charge in [0.15, 0.2) is 0 Å². The molecule has 1 fully saturated rings. The number of likely N-dealkylation sites (tertiary alicyclic amines) is 1. The Labute approximate surface area is 139 Å². The Morgan fingerprint density at radius 1 is 1.29 bits per heavy atom. The summed E-state index contributed by atoms with van der Waals surface area (Å²) in [6.45, 7) is 2.12. The maximum atomic E-state index is 12.2. The zero-order chi connectivity index (χ0) is 13.7. The summed E-state index contributed by atoms with van der Waals surface area (Å²) >= 11 is 0. The number of piperidine rings is 1. The van der Waals surface area contributed by atoms with E-state index in [1.165, 1.54) is 6.42 Å². The third-order valence-electron chi connectivity index (χ3n) is 3.70. The molecule has 21 heavy (non-hydrogen) atoms. The number of carbonyl (C=O) groups excluding carboxylic acids is 1. The molecular formula is C15H25Cl2N3O. The van der Waals surface area contributed by atoms with Crippen molar-refractivity contribution < 1.29 is 4.79 Å². The van der Waals surface area contributed by atoms with E-state index in [1.807, 2.05) is 35.2 Å². The van der Waals surface area contributed by atoms with Crippen molar-refractivity contribution in [3.63, 3.8) is 0 Å². The molecule has 120 valence electrons. The quantitative estimate of drug-likeness (QED) is 0.919. The van der Waals surface area contributed by atoms with Crippen LogP contribution in [0.15, 0.2) is 30.3 Å². The van der Waals surface area contributed by atoms with Crippen LogP contribution in [0.3, 0.4) is 0 Å². The average molecular weight is 334 g/mol. The fourth-order valence-corrected chi connectivity index (χ4v) is 2.45. The van der Waals surface area contributed by atoms with Crippen LogP contribution in [0.2, 0.25) is 0 Å². The van der Waals surface area contributed by atoms with Gasteiger partial charge >= 0.3 is 0 Å². The highest BCUT2D eigenvalue weighted by atomic mass is 35.5. The molecule has 1 aromatic rings. The van der Waals surface area contributed by atoms with E-state index in [1.54, 1.807) is 0 Å². The van der Waals surface area contributed by atoms with Gasteiger partial charge in [0.25, 0.3) is 0 Å². The summed E-state index contributed by atoms with van der Waals surface area (Å²) in [5.41, 5.74) is 0.997. The van der Waals surface area contributed by atoms with E-state index in [-0.39, 0.29) is 30.7 Å². The summed E-state index contributed by atoms with van der Waals surface area (Å²) in [5, 5.41) is 3.18. The van der Waals surface area contributed by atoms with Gasteiger partial charge in [0.2, 0.25) is 5.91 Å². The monoisotopic (exact) mass is 333 g/mol. The fraction of sp³-hybridized carbons (Fsp3) is 0.533. The van der Waals surface area contributed by atoms with E-state index < -0.39 is 0 Å². The third kappa shape index (κ3) is 6.12. The maximum Gasteiger partial charge on any atom is 0.241 e. The third-order valence-corrected chi connectivity index (χ3v) is 3.70. The lowest BCUT2D eigenvalue weighted by Gasteiger charge is -2.36. The Kier molecular flexibility index (Phi) is 9.42. The topological polar surface area (TPSA) is 35.6 Å². The second-order valence-electron chi connectivity index (χ2n) is 5.32. The lowest BCUT2D eigenvalue weighted by Crippen LogP contribution is -2.48. The summed E-state index contributed by atoms with van der Waals surface area (Å²) in [7, 11) is 4.17. The lowest BCUT2D eigenvalue weighted by molar-refractivity contribution is -0.131. The predicted molar refractivity (Wildman–Crippen MR) is 92.7 cm³/mol. The molecule has 1 amide bonds. The van der Waals surface area contributed by atoms with E-state index in [4.69, 9.17) is 0 Å². The molecule has 0 radical (unpaired) electrons. The predicted octanol–water partition coefficient (Wildman–Crippen LogP) is 2.49. The van der Waals surface area contributed by atoms with E-state index in [0.29, 0.717) is 12.6 Å². The second kappa shape index (κ2) is 9.87. The van der Waals surface area contributed by atoms with Crippen molar-refractivity contribution in [2.75, 3.05) is 39.0 Å². The maximum absolute atomic E-state index is 12.2. The number of amides is 1. The van der Waals surface area contributed by atoms with E-state index >= 15 is 0 Å². The molecule has 2 rings (SSSR count). The normalized spacial score (nSPS) is 17.7. The molecule has 1 N–H and O–H groups in total. The molecule has 1 aliphatic rings. The summed E-state index contributed by atoms with van der Waals surface area (Å²) in [5.74, 6) is 0.190. The van der Waals surface area contributed by atoms with Crippen molar-refractivity contribution in [1.82, 2.24) is 9.80 Å². The first-order chi connectivity index (χ1) is 9.16. The molecule has 4 nitrogen and oxygen atoms in total. The zero-order valence-electron chi connectivity index (χ0n) is 12.6. The van der Waals surface area contributed by atoms with Gasteiger partial charge in [0.1, 0.15) is 0 Å². The van der Waals surface area contributed by atoms with Crippen LogP contribution < -0.4 is 5.32 Å². The number of hydrogen-bond donors (Lipinski definition) is 1. The van der Waals surface area contributed by atoms with Crippen LogP contribution in [0.4, 0.5) is 5.69 Å². The van der Waals surface area contributed by atoms with Crippen molar-refractivity contribution in [3.05, 3.63) is 30.3 Å². The van der Waals surface area contributed by atoms with Crippen molar-refractivity contribution in [1.29, 1.82) is 0 Å². The summed E-state index contributed by atoms with van der Waals surface area (Å²) in [4.78, 5) is 16.4. The Morgan fingerprint density at radius 3 is 2.57 bits per heavy atom. The lowest BCUT2D eigenvalue weighted by atomic mass is 10.0. The number of para-hydroxylation sites is 1. The number of nitrogens with zero attached hydrogens (tertiary/aromatic N) is 2. The molecule has 1 saturated heterocycles. The Balaban J connectivity index is 0.00000200. The van der Waals surface area contributed by atoms with E-state index in [2.05, 4.69) is 24.3 Å². The minimum Gasteiger partial charge on any atom is -0.376 e. The largest absolute Gasteiger partial charge is 0.376 e. The van der Waals surface area contributed by atoms with Gasteiger partial charge in [-0.25, -0.2) is 0 Å². The highest BCUT2D eigenvalue weighted by molar-refractivity contribution is 5.85. The summed E-state index contributed by atoms with van der Waals surface area (Å²) in [6, 6.07) is 10.4. The molecular weight excluding hydrogens is 309 g/mol. The van der Waals surface area contributed by atoms with Crippen LogP contribution in [0, 0.1) is 0 Å². The molecule has 0 aliphatic carbocycles. The first-order valence-corrected chi connectivity index (χ1v) is 6.90. The number of carbonyl (C=O) groups is 1. The van der Waals surface area contributed by atoms with Crippen LogP contribution in [-0.2, 0) is 4.79 Å². The standard InChI is InChI=1S/C15H23N3O.2ClH/c1-17(2)14-9-6-10-18(12-14)15(19)11-16-13-7-4-3-5-8-13;;/h3-5,7-8,14,16H,6,9-12H2,1-2H3;2*1H. The number of anilines is 1. The van der Waals surface area contributed by atoms with Crippen LogP contribution >= 0.6 is 24.8 Å². The van der Waals surface area contributed by atoms with Crippen LogP contribution in [0.1, 0.15) is 12.8 Å². The first kappa shape index (κ1) is 20.0. The van der Waals surface area contributed by atoms with E-state index in [9.17, 15) is 4.79 Å². The van der Waals surface area contributed by atoms with Crippen molar-refractivity contribution in [2.24, 2.45) is 0 Å². The summed E-state index contributed by atoms with van der Waals surface area (Å²) < 4.78 is 0. The summed E-state index contributed by atoms with van der Waals surface area (Å²) in [6.07, 6.45) is 2.28. The van der Waals surface area contributed by atoms with Gasteiger partial charge in [-0.3, -0.25) is 4.79 Å². The molecule has 1 atom stereocenters. The van der Waals surface area contributed by atoms with Gasteiger partial charge in [-0.05, 0) is 39.1 Å². The van der Waals surface area contributed by atoms with Gasteiger partial charge in [0, 0.05) is 24.8 Å². The second-order valence-corrected chi connectivity index (χ2v) is 5.32. The van der Waals surface area contributed by atoms with Crippen LogP contribution in [0.5, 0.6) is 0 Å². The van der Waals surface area contributed by atoms with Gasteiger partial charge in [-0.15, -0.1) is 24.8 Å². The van der Waals surface area contributed by atoms with Crippen LogP contribution in [0.25, 0.3) is 0 Å². The minimum atomic E-state index is 0. The Hall–Kier alpha value is -0.970. The Morgan fingerprint density at radius 2 is 1.95 bits per heavy atom. The van der Waals surface area contributed by atoms with Crippen molar-refractivity contribution >= 4 is 36.4 Å². The zero-order valence-corrected chi connectivity index (χ0v) is 14.3. The minimum absolute atomic E-state index is 0. The number of halogens is 2. The van der Waals surface area contributed by atoms with Gasteiger partial charge < -0.3 is 15.1 Å². The molecule has 1 aromatic carbocycles. The van der Waals surface area contributed by atoms with Gasteiger partial charge in [-0.1, -0.05) is 18.2 Å². The van der Waals surface area contributed by atoms with Crippen molar-refractivity contribution in [2.45, 2.75) is 18.9 Å². The number of nitrogens with one attached hydrogen (secondary N) is 1. The Bertz CT molecular complexity index is 415. The molecule has 1 aliphatic heterocycles. The highest BCUT2D eigenvalue weighted by Crippen LogP contribution is 2.14. The molecule has 1 unspecified atom stereocenters.